The first-order chi connectivity index (χ1) is 12.6. The minimum atomic E-state index is -0.293. The Hall–Kier alpha value is -3.19. The van der Waals surface area contributed by atoms with Crippen LogP contribution in [0, 0.1) is 0 Å². The molecule has 0 fully saturated rings. The molecule has 2 aromatic carbocycles. The Morgan fingerprint density at radius 1 is 1.23 bits per heavy atom. The Labute approximate surface area is 153 Å². The number of fused-ring (bicyclic) bond motifs is 1. The second-order valence-electron chi connectivity index (χ2n) is 5.73. The van der Waals surface area contributed by atoms with E-state index in [4.69, 9.17) is 0 Å². The van der Waals surface area contributed by atoms with E-state index in [0.717, 1.165) is 10.2 Å². The van der Waals surface area contributed by atoms with Gasteiger partial charge in [0.2, 0.25) is 0 Å². The van der Waals surface area contributed by atoms with Crippen molar-refractivity contribution >= 4 is 33.1 Å². The minimum absolute atomic E-state index is 0.123. The number of rotatable bonds is 4. The molecule has 2 N–H and O–H groups in total. The van der Waals surface area contributed by atoms with Crippen LogP contribution < -0.4 is 5.32 Å². The largest absolute Gasteiger partial charge is 0.507 e. The lowest BCUT2D eigenvalue weighted by molar-refractivity contribution is 0.102. The lowest BCUT2D eigenvalue weighted by Gasteiger charge is -2.07. The number of nitrogens with one attached hydrogen (secondary N) is 1. The van der Waals surface area contributed by atoms with Crippen molar-refractivity contribution in [1.82, 2.24) is 14.8 Å². The van der Waals surface area contributed by atoms with E-state index < -0.39 is 0 Å². The zero-order chi connectivity index (χ0) is 18.1. The zero-order valence-corrected chi connectivity index (χ0v) is 14.8. The van der Waals surface area contributed by atoms with Gasteiger partial charge in [-0.1, -0.05) is 12.1 Å². The number of para-hydroxylation sites is 1. The predicted octanol–water partition coefficient (Wildman–Crippen LogP) is 4.14. The molecule has 0 spiro atoms. The van der Waals surface area contributed by atoms with Crippen molar-refractivity contribution in [3.05, 3.63) is 60.4 Å². The lowest BCUT2D eigenvalue weighted by Crippen LogP contribution is -2.13. The number of carbonyl (C=O) groups excluding carboxylic acids is 1. The Morgan fingerprint density at radius 2 is 2.08 bits per heavy atom. The Kier molecular flexibility index (Phi) is 4.14. The summed E-state index contributed by atoms with van der Waals surface area (Å²) in [5.74, 6) is -0.171. The zero-order valence-electron chi connectivity index (χ0n) is 14.0. The van der Waals surface area contributed by atoms with E-state index in [1.54, 1.807) is 35.1 Å². The molecule has 7 heteroatoms. The van der Waals surface area contributed by atoms with Gasteiger partial charge >= 0.3 is 0 Å². The fourth-order valence-corrected chi connectivity index (χ4v) is 3.62. The van der Waals surface area contributed by atoms with Crippen LogP contribution in [-0.2, 0) is 6.54 Å². The quantitative estimate of drug-likeness (QED) is 0.534. The monoisotopic (exact) mass is 364 g/mol. The summed E-state index contributed by atoms with van der Waals surface area (Å²) in [4.78, 5) is 16.9. The van der Waals surface area contributed by atoms with E-state index in [2.05, 4.69) is 15.4 Å². The van der Waals surface area contributed by atoms with Crippen LogP contribution in [0.4, 0.5) is 5.69 Å². The molecule has 0 saturated heterocycles. The van der Waals surface area contributed by atoms with Crippen LogP contribution in [0.25, 0.3) is 20.8 Å². The number of amides is 1. The molecule has 0 saturated carbocycles. The van der Waals surface area contributed by atoms with Gasteiger partial charge in [0.25, 0.3) is 5.91 Å². The third-order valence-corrected chi connectivity index (χ3v) is 5.05. The van der Waals surface area contributed by atoms with Crippen molar-refractivity contribution < 1.29 is 9.90 Å². The van der Waals surface area contributed by atoms with Gasteiger partial charge in [-0.05, 0) is 43.3 Å². The molecule has 0 bridgehead atoms. The van der Waals surface area contributed by atoms with Crippen molar-refractivity contribution in [2.45, 2.75) is 13.5 Å². The third kappa shape index (κ3) is 3.04. The summed E-state index contributed by atoms with van der Waals surface area (Å²) < 4.78 is 2.74. The van der Waals surface area contributed by atoms with Crippen LogP contribution in [0.3, 0.4) is 0 Å². The first-order valence-corrected chi connectivity index (χ1v) is 8.99. The molecule has 4 aromatic rings. The first kappa shape index (κ1) is 16.3. The fourth-order valence-electron chi connectivity index (χ4n) is 2.63. The van der Waals surface area contributed by atoms with Crippen LogP contribution in [0.2, 0.25) is 0 Å². The number of thiazole rings is 1. The Bertz CT molecular complexity index is 1070. The molecule has 1 amide bonds. The van der Waals surface area contributed by atoms with E-state index >= 15 is 0 Å². The SMILES string of the molecule is CCn1ccc(C(=O)Nc2ccc(O)c(-c3nc4ccccc4s3)c2)n1. The van der Waals surface area contributed by atoms with Gasteiger partial charge in [-0.3, -0.25) is 9.48 Å². The highest BCUT2D eigenvalue weighted by Gasteiger charge is 2.14. The maximum atomic E-state index is 12.4. The number of carbonyl (C=O) groups is 1. The highest BCUT2D eigenvalue weighted by atomic mass is 32.1. The van der Waals surface area contributed by atoms with Crippen LogP contribution in [0.15, 0.2) is 54.7 Å². The maximum Gasteiger partial charge on any atom is 0.276 e. The maximum absolute atomic E-state index is 12.4. The molecule has 0 aliphatic heterocycles. The summed E-state index contributed by atoms with van der Waals surface area (Å²) in [6.45, 7) is 2.66. The van der Waals surface area contributed by atoms with Crippen LogP contribution in [-0.4, -0.2) is 25.8 Å². The van der Waals surface area contributed by atoms with Gasteiger partial charge in [-0.2, -0.15) is 5.10 Å². The van der Waals surface area contributed by atoms with Crippen molar-refractivity contribution in [2.75, 3.05) is 5.32 Å². The number of aryl methyl sites for hydroxylation is 1. The highest BCUT2D eigenvalue weighted by Crippen LogP contribution is 2.36. The lowest BCUT2D eigenvalue weighted by atomic mass is 10.2. The molecule has 26 heavy (non-hydrogen) atoms. The normalized spacial score (nSPS) is 11.0. The van der Waals surface area contributed by atoms with E-state index in [9.17, 15) is 9.90 Å². The number of aromatic hydroxyl groups is 1. The molecule has 130 valence electrons. The predicted molar refractivity (Wildman–Crippen MR) is 103 cm³/mol. The second-order valence-corrected chi connectivity index (χ2v) is 6.76. The van der Waals surface area contributed by atoms with E-state index in [-0.39, 0.29) is 11.7 Å². The van der Waals surface area contributed by atoms with Gasteiger partial charge in [0, 0.05) is 18.4 Å². The van der Waals surface area contributed by atoms with E-state index in [0.29, 0.717) is 28.5 Å². The minimum Gasteiger partial charge on any atom is -0.507 e. The van der Waals surface area contributed by atoms with Crippen LogP contribution in [0.1, 0.15) is 17.4 Å². The molecule has 0 unspecified atom stereocenters. The Morgan fingerprint density at radius 3 is 2.85 bits per heavy atom. The molecule has 2 aromatic heterocycles. The van der Waals surface area contributed by atoms with Crippen LogP contribution in [0.5, 0.6) is 5.75 Å². The Balaban J connectivity index is 1.64. The van der Waals surface area contributed by atoms with Crippen molar-refractivity contribution in [3.8, 4) is 16.3 Å². The molecular weight excluding hydrogens is 348 g/mol. The standard InChI is InChI=1S/C19H16N4O2S/c1-2-23-10-9-15(22-23)18(25)20-12-7-8-16(24)13(11-12)19-21-14-5-3-4-6-17(14)26-19/h3-11,24H,2H2,1H3,(H,20,25). The number of benzene rings is 2. The average Bonchev–Trinajstić information content (AvgIpc) is 3.29. The molecule has 2 heterocycles. The number of nitrogens with zero attached hydrogens (tertiary/aromatic N) is 3. The number of phenols is 1. The van der Waals surface area contributed by atoms with Gasteiger partial charge in [-0.15, -0.1) is 11.3 Å². The summed E-state index contributed by atoms with van der Waals surface area (Å²) in [5.41, 5.74) is 2.39. The number of anilines is 1. The number of hydrogen-bond acceptors (Lipinski definition) is 5. The van der Waals surface area contributed by atoms with Gasteiger partial charge in [0.15, 0.2) is 5.69 Å². The smallest absolute Gasteiger partial charge is 0.276 e. The van der Waals surface area contributed by atoms with Crippen molar-refractivity contribution in [1.29, 1.82) is 0 Å². The third-order valence-electron chi connectivity index (χ3n) is 3.98. The molecule has 0 aliphatic rings. The summed E-state index contributed by atoms with van der Waals surface area (Å²) in [6.07, 6.45) is 1.76. The van der Waals surface area contributed by atoms with Crippen molar-refractivity contribution in [2.24, 2.45) is 0 Å². The molecule has 6 nitrogen and oxygen atoms in total. The number of hydrogen-bond donors (Lipinski definition) is 2. The van der Waals surface area contributed by atoms with Gasteiger partial charge in [-0.25, -0.2) is 4.98 Å². The van der Waals surface area contributed by atoms with Crippen molar-refractivity contribution in [3.63, 3.8) is 0 Å². The fraction of sp³-hybridized carbons (Fsp3) is 0.105. The molecule has 0 aliphatic carbocycles. The summed E-state index contributed by atoms with van der Waals surface area (Å²) in [5, 5.41) is 18.0. The molecule has 0 atom stereocenters. The topological polar surface area (TPSA) is 80.0 Å². The molecular formula is C19H16N4O2S. The second kappa shape index (κ2) is 6.61. The van der Waals surface area contributed by atoms with Gasteiger partial charge in [0.05, 0.1) is 15.8 Å². The van der Waals surface area contributed by atoms with Gasteiger partial charge in [0.1, 0.15) is 10.8 Å². The van der Waals surface area contributed by atoms with Crippen LogP contribution >= 0.6 is 11.3 Å². The summed E-state index contributed by atoms with van der Waals surface area (Å²) >= 11 is 1.50. The highest BCUT2D eigenvalue weighted by molar-refractivity contribution is 7.21. The number of aromatic nitrogens is 3. The van der Waals surface area contributed by atoms with Gasteiger partial charge < -0.3 is 10.4 Å². The summed E-state index contributed by atoms with van der Waals surface area (Å²) in [7, 11) is 0. The van der Waals surface area contributed by atoms with E-state index in [1.165, 1.54) is 11.3 Å². The molecule has 4 rings (SSSR count). The summed E-state index contributed by atoms with van der Waals surface area (Å²) in [6, 6.07) is 14.4. The molecule has 0 radical (unpaired) electrons. The van der Waals surface area contributed by atoms with E-state index in [1.807, 2.05) is 31.2 Å². The average molecular weight is 364 g/mol. The first-order valence-electron chi connectivity index (χ1n) is 8.18. The number of phenolic OH excluding ortho intramolecular Hbond substituents is 1.